The maximum Gasteiger partial charge on any atom is 0.130 e. The van der Waals surface area contributed by atoms with Crippen molar-refractivity contribution in [1.82, 2.24) is 0 Å². The number of ether oxygens (including phenoxy) is 3. The first-order valence-electron chi connectivity index (χ1n) is 6.17. The minimum atomic E-state index is -0.731. The van der Waals surface area contributed by atoms with Crippen molar-refractivity contribution < 1.29 is 14.2 Å². The normalized spacial score (nSPS) is 23.9. The molecule has 0 spiro atoms. The summed E-state index contributed by atoms with van der Waals surface area (Å²) in [7, 11) is 3.16. The molecule has 0 radical (unpaired) electrons. The van der Waals surface area contributed by atoms with Gasteiger partial charge in [-0.1, -0.05) is 11.2 Å². The smallest absolute Gasteiger partial charge is 0.130 e. The van der Waals surface area contributed by atoms with Gasteiger partial charge in [-0.25, -0.2) is 0 Å². The van der Waals surface area contributed by atoms with Gasteiger partial charge >= 0.3 is 0 Å². The third-order valence-corrected chi connectivity index (χ3v) is 3.54. The molecule has 0 saturated heterocycles. The molecule has 2 atom stereocenters. The van der Waals surface area contributed by atoms with Gasteiger partial charge in [-0.2, -0.15) is 0 Å². The van der Waals surface area contributed by atoms with Gasteiger partial charge in [0.15, 0.2) is 0 Å². The second-order valence-electron chi connectivity index (χ2n) is 4.79. The van der Waals surface area contributed by atoms with Crippen LogP contribution >= 0.6 is 0 Å². The lowest BCUT2D eigenvalue weighted by molar-refractivity contribution is 0.185. The average molecular weight is 275 g/mol. The molecule has 106 valence electrons. The van der Waals surface area contributed by atoms with E-state index in [0.29, 0.717) is 17.2 Å². The summed E-state index contributed by atoms with van der Waals surface area (Å²) in [4.78, 5) is 2.92. The fourth-order valence-corrected chi connectivity index (χ4v) is 2.48. The fourth-order valence-electron chi connectivity index (χ4n) is 2.48. The summed E-state index contributed by atoms with van der Waals surface area (Å²) in [5.74, 6) is 1.75. The number of hydrogen-bond donors (Lipinski definition) is 0. The van der Waals surface area contributed by atoms with E-state index in [2.05, 4.69) is 16.6 Å². The molecule has 0 aliphatic carbocycles. The highest BCUT2D eigenvalue weighted by molar-refractivity contribution is 5.56. The Labute approximate surface area is 117 Å². The van der Waals surface area contributed by atoms with Crippen molar-refractivity contribution in [3.63, 3.8) is 0 Å². The van der Waals surface area contributed by atoms with E-state index in [1.807, 2.05) is 6.92 Å². The van der Waals surface area contributed by atoms with E-state index in [0.717, 1.165) is 5.56 Å². The molecule has 0 amide bonds. The minimum absolute atomic E-state index is 0.192. The highest BCUT2D eigenvalue weighted by Crippen LogP contribution is 2.48. The molecule has 0 unspecified atom stereocenters. The molecule has 6 heteroatoms. The van der Waals surface area contributed by atoms with E-state index in [1.54, 1.807) is 32.4 Å². The van der Waals surface area contributed by atoms with E-state index in [1.165, 1.54) is 0 Å². The number of rotatable bonds is 4. The maximum atomic E-state index is 8.77. The Morgan fingerprint density at radius 1 is 1.50 bits per heavy atom. The van der Waals surface area contributed by atoms with Gasteiger partial charge < -0.3 is 14.2 Å². The highest BCUT2D eigenvalue weighted by Gasteiger charge is 2.41. The van der Waals surface area contributed by atoms with Crippen molar-refractivity contribution in [2.24, 2.45) is 5.11 Å². The standard InChI is InChI=1S/C14H17N3O3/c1-5-10-13-11(19-4)6-9(18-3)7-12(13)20-8-14(10,2)16-17-15/h5-7,10H,1,8H2,2-4H3/t10-,14+/m0/s1. The average Bonchev–Trinajstić information content (AvgIpc) is 2.46. The molecule has 20 heavy (non-hydrogen) atoms. The summed E-state index contributed by atoms with van der Waals surface area (Å²) in [5.41, 5.74) is 8.86. The predicted molar refractivity (Wildman–Crippen MR) is 75.5 cm³/mol. The van der Waals surface area contributed by atoms with Gasteiger partial charge in [-0.15, -0.1) is 6.58 Å². The highest BCUT2D eigenvalue weighted by atomic mass is 16.5. The lowest BCUT2D eigenvalue weighted by Crippen LogP contribution is -2.40. The molecule has 1 aromatic rings. The minimum Gasteiger partial charge on any atom is -0.496 e. The second kappa shape index (κ2) is 5.35. The predicted octanol–water partition coefficient (Wildman–Crippen LogP) is 3.43. The lowest BCUT2D eigenvalue weighted by atomic mass is 9.79. The van der Waals surface area contributed by atoms with Crippen LogP contribution in [0.15, 0.2) is 29.9 Å². The summed E-state index contributed by atoms with van der Waals surface area (Å²) >= 11 is 0. The van der Waals surface area contributed by atoms with E-state index in [-0.39, 0.29) is 12.5 Å². The number of benzene rings is 1. The van der Waals surface area contributed by atoms with Crippen LogP contribution in [0.4, 0.5) is 0 Å². The largest absolute Gasteiger partial charge is 0.496 e. The van der Waals surface area contributed by atoms with Crippen LogP contribution in [0.2, 0.25) is 0 Å². The first kappa shape index (κ1) is 14.1. The summed E-state index contributed by atoms with van der Waals surface area (Å²) < 4.78 is 16.4. The van der Waals surface area contributed by atoms with Crippen molar-refractivity contribution in [2.75, 3.05) is 20.8 Å². The van der Waals surface area contributed by atoms with Crippen LogP contribution in [0.3, 0.4) is 0 Å². The Bertz CT molecular complexity index is 564. The molecule has 1 heterocycles. The van der Waals surface area contributed by atoms with E-state index in [4.69, 9.17) is 19.7 Å². The molecule has 1 aliphatic heterocycles. The Balaban J connectivity index is 2.64. The molecular formula is C14H17N3O3. The summed E-state index contributed by atoms with van der Waals surface area (Å²) in [5, 5.41) is 3.88. The van der Waals surface area contributed by atoms with Crippen LogP contribution in [-0.4, -0.2) is 26.4 Å². The zero-order chi connectivity index (χ0) is 14.8. The second-order valence-corrected chi connectivity index (χ2v) is 4.79. The third-order valence-electron chi connectivity index (χ3n) is 3.54. The topological polar surface area (TPSA) is 76.5 Å². The molecular weight excluding hydrogens is 258 g/mol. The van der Waals surface area contributed by atoms with E-state index in [9.17, 15) is 0 Å². The number of azide groups is 1. The zero-order valence-electron chi connectivity index (χ0n) is 11.8. The summed E-state index contributed by atoms with van der Waals surface area (Å²) in [6, 6.07) is 3.57. The van der Waals surface area contributed by atoms with Crippen molar-refractivity contribution in [3.05, 3.63) is 40.8 Å². The zero-order valence-corrected chi connectivity index (χ0v) is 11.8. The third kappa shape index (κ3) is 2.14. The quantitative estimate of drug-likeness (QED) is 0.365. The molecule has 0 N–H and O–H groups in total. The molecule has 6 nitrogen and oxygen atoms in total. The molecule has 1 aromatic carbocycles. The Morgan fingerprint density at radius 2 is 2.25 bits per heavy atom. The molecule has 0 saturated carbocycles. The van der Waals surface area contributed by atoms with Gasteiger partial charge in [0, 0.05) is 28.5 Å². The fraction of sp³-hybridized carbons (Fsp3) is 0.429. The van der Waals surface area contributed by atoms with Gasteiger partial charge in [0.2, 0.25) is 0 Å². The van der Waals surface area contributed by atoms with Gasteiger partial charge in [-0.05, 0) is 12.5 Å². The number of methoxy groups -OCH3 is 2. The summed E-state index contributed by atoms with van der Waals surface area (Å²) in [6.07, 6.45) is 1.75. The van der Waals surface area contributed by atoms with Crippen LogP contribution in [0, 0.1) is 0 Å². The number of nitrogens with zero attached hydrogens (tertiary/aromatic N) is 3. The van der Waals surface area contributed by atoms with Crippen LogP contribution in [-0.2, 0) is 0 Å². The SMILES string of the molecule is C=C[C@H]1c2c(OC)cc(OC)cc2OC[C@@]1(C)N=[N+]=[N-]. The Morgan fingerprint density at radius 3 is 2.80 bits per heavy atom. The molecule has 0 fully saturated rings. The monoisotopic (exact) mass is 275 g/mol. The van der Waals surface area contributed by atoms with Crippen molar-refractivity contribution >= 4 is 0 Å². The Hall–Kier alpha value is -2.33. The van der Waals surface area contributed by atoms with Gasteiger partial charge in [0.05, 0.1) is 19.8 Å². The van der Waals surface area contributed by atoms with Crippen LogP contribution in [0.5, 0.6) is 17.2 Å². The van der Waals surface area contributed by atoms with Crippen molar-refractivity contribution in [3.8, 4) is 17.2 Å². The van der Waals surface area contributed by atoms with Gasteiger partial charge in [0.1, 0.15) is 23.9 Å². The van der Waals surface area contributed by atoms with Crippen LogP contribution in [0.1, 0.15) is 18.4 Å². The van der Waals surface area contributed by atoms with Crippen LogP contribution < -0.4 is 14.2 Å². The van der Waals surface area contributed by atoms with Gasteiger partial charge in [0.25, 0.3) is 0 Å². The Kier molecular flexibility index (Phi) is 3.77. The maximum absolute atomic E-state index is 8.77. The molecule has 2 rings (SSSR count). The number of fused-ring (bicyclic) bond motifs is 1. The molecule has 0 aromatic heterocycles. The van der Waals surface area contributed by atoms with Gasteiger partial charge in [-0.3, -0.25) is 0 Å². The van der Waals surface area contributed by atoms with Crippen molar-refractivity contribution in [2.45, 2.75) is 18.4 Å². The summed E-state index contributed by atoms with van der Waals surface area (Å²) in [6.45, 7) is 5.97. The van der Waals surface area contributed by atoms with Crippen molar-refractivity contribution in [1.29, 1.82) is 0 Å². The number of hydrogen-bond acceptors (Lipinski definition) is 4. The first-order valence-corrected chi connectivity index (χ1v) is 6.17. The van der Waals surface area contributed by atoms with E-state index < -0.39 is 5.54 Å². The molecule has 1 aliphatic rings. The molecule has 0 bridgehead atoms. The van der Waals surface area contributed by atoms with E-state index >= 15 is 0 Å². The van der Waals surface area contributed by atoms with Crippen LogP contribution in [0.25, 0.3) is 10.4 Å². The lowest BCUT2D eigenvalue weighted by Gasteiger charge is -2.38. The first-order chi connectivity index (χ1) is 9.59.